The molecular formula is C24H21Cl2N3O4. The predicted molar refractivity (Wildman–Crippen MR) is 128 cm³/mol. The second-order valence-electron chi connectivity index (χ2n) is 7.60. The van der Waals surface area contributed by atoms with Crippen LogP contribution in [0.1, 0.15) is 29.8 Å². The van der Waals surface area contributed by atoms with Gasteiger partial charge in [0.25, 0.3) is 5.91 Å². The van der Waals surface area contributed by atoms with Crippen LogP contribution in [0.15, 0.2) is 66.9 Å². The molecule has 170 valence electrons. The first-order valence-electron chi connectivity index (χ1n) is 9.85. The van der Waals surface area contributed by atoms with Gasteiger partial charge in [0, 0.05) is 16.8 Å². The van der Waals surface area contributed by atoms with Crippen LogP contribution in [0, 0.1) is 0 Å². The Bertz CT molecular complexity index is 1160. The molecular weight excluding hydrogens is 465 g/mol. The quantitative estimate of drug-likeness (QED) is 0.466. The maximum Gasteiger partial charge on any atom is 0.334 e. The minimum Gasteiger partial charge on any atom is -0.468 e. The zero-order chi connectivity index (χ0) is 24.2. The number of anilines is 2. The van der Waals surface area contributed by atoms with Gasteiger partial charge in [0.2, 0.25) is 0 Å². The fraction of sp³-hybridized carbons (Fsp3) is 0.167. The molecule has 3 amide bonds. The number of amides is 3. The first kappa shape index (κ1) is 24.2. The average molecular weight is 486 g/mol. The van der Waals surface area contributed by atoms with Crippen molar-refractivity contribution >= 4 is 52.6 Å². The summed E-state index contributed by atoms with van der Waals surface area (Å²) in [5.74, 6) is -0.753. The highest BCUT2D eigenvalue weighted by Crippen LogP contribution is 2.26. The summed E-state index contributed by atoms with van der Waals surface area (Å²) in [6.45, 7) is 3.45. The number of ether oxygens (including phenoxy) is 1. The van der Waals surface area contributed by atoms with Crippen molar-refractivity contribution in [3.63, 3.8) is 0 Å². The number of halogens is 2. The van der Waals surface area contributed by atoms with Crippen molar-refractivity contribution < 1.29 is 19.1 Å². The highest BCUT2D eigenvalue weighted by molar-refractivity contribution is 6.31. The van der Waals surface area contributed by atoms with E-state index in [1.165, 1.54) is 19.4 Å². The fourth-order valence-electron chi connectivity index (χ4n) is 3.06. The Hall–Kier alpha value is -3.42. The highest BCUT2D eigenvalue weighted by Gasteiger charge is 2.31. The third-order valence-electron chi connectivity index (χ3n) is 5.00. The lowest BCUT2D eigenvalue weighted by Gasteiger charge is -2.23. The van der Waals surface area contributed by atoms with E-state index in [1.807, 2.05) is 0 Å². The van der Waals surface area contributed by atoms with E-state index in [0.717, 1.165) is 4.90 Å². The molecule has 3 rings (SSSR count). The number of nitrogens with one attached hydrogen (secondary N) is 1. The second-order valence-corrected chi connectivity index (χ2v) is 8.48. The largest absolute Gasteiger partial charge is 0.468 e. The highest BCUT2D eigenvalue weighted by atomic mass is 35.5. The summed E-state index contributed by atoms with van der Waals surface area (Å²) in [4.78, 5) is 43.5. The van der Waals surface area contributed by atoms with Crippen molar-refractivity contribution in [2.24, 2.45) is 0 Å². The van der Waals surface area contributed by atoms with Crippen LogP contribution in [-0.4, -0.2) is 30.0 Å². The molecule has 0 unspecified atom stereocenters. The zero-order valence-corrected chi connectivity index (χ0v) is 19.6. The zero-order valence-electron chi connectivity index (χ0n) is 18.1. The average Bonchev–Trinajstić information content (AvgIpc) is 2.81. The molecule has 0 spiro atoms. The van der Waals surface area contributed by atoms with Gasteiger partial charge in [-0.3, -0.25) is 14.9 Å². The molecule has 0 aliphatic carbocycles. The molecule has 33 heavy (non-hydrogen) atoms. The van der Waals surface area contributed by atoms with Crippen LogP contribution in [0.4, 0.5) is 16.3 Å². The SMILES string of the molecule is COC(=O)C(C)(C)c1ccc(C(=O)N(C(=O)Nc2ccc(Cl)cn2)c2ccc(Cl)cc2)cc1. The van der Waals surface area contributed by atoms with Gasteiger partial charge in [0.15, 0.2) is 0 Å². The summed E-state index contributed by atoms with van der Waals surface area (Å²) in [5, 5.41) is 3.46. The van der Waals surface area contributed by atoms with Crippen molar-refractivity contribution in [3.8, 4) is 0 Å². The molecule has 1 aromatic heterocycles. The molecule has 1 N–H and O–H groups in total. The number of pyridine rings is 1. The molecule has 0 fully saturated rings. The third-order valence-corrected chi connectivity index (χ3v) is 5.48. The normalized spacial score (nSPS) is 10.9. The number of methoxy groups -OCH3 is 1. The van der Waals surface area contributed by atoms with Crippen LogP contribution in [-0.2, 0) is 14.9 Å². The van der Waals surface area contributed by atoms with E-state index in [4.69, 9.17) is 27.9 Å². The lowest BCUT2D eigenvalue weighted by atomic mass is 9.84. The third kappa shape index (κ3) is 5.50. The van der Waals surface area contributed by atoms with Crippen LogP contribution in [0.2, 0.25) is 10.0 Å². The van der Waals surface area contributed by atoms with Crippen molar-refractivity contribution in [2.75, 3.05) is 17.3 Å². The minimum atomic E-state index is -0.899. The van der Waals surface area contributed by atoms with Gasteiger partial charge in [0.05, 0.1) is 23.2 Å². The number of carbonyl (C=O) groups is 3. The van der Waals surface area contributed by atoms with Crippen LogP contribution in [0.25, 0.3) is 0 Å². The smallest absolute Gasteiger partial charge is 0.334 e. The van der Waals surface area contributed by atoms with Crippen molar-refractivity contribution in [1.29, 1.82) is 0 Å². The summed E-state index contributed by atoms with van der Waals surface area (Å²) in [6.07, 6.45) is 1.38. The second kappa shape index (κ2) is 10.0. The van der Waals surface area contributed by atoms with E-state index in [1.54, 1.807) is 68.4 Å². The van der Waals surface area contributed by atoms with E-state index in [2.05, 4.69) is 10.3 Å². The molecule has 3 aromatic rings. The van der Waals surface area contributed by atoms with E-state index in [0.29, 0.717) is 21.3 Å². The van der Waals surface area contributed by atoms with E-state index < -0.39 is 23.3 Å². The summed E-state index contributed by atoms with van der Waals surface area (Å²) >= 11 is 11.8. The van der Waals surface area contributed by atoms with Gasteiger partial charge in [-0.15, -0.1) is 0 Å². The van der Waals surface area contributed by atoms with E-state index in [-0.39, 0.29) is 11.4 Å². The van der Waals surface area contributed by atoms with Gasteiger partial charge in [-0.05, 0) is 67.9 Å². The fourth-order valence-corrected chi connectivity index (χ4v) is 3.30. The molecule has 2 aromatic carbocycles. The van der Waals surface area contributed by atoms with Gasteiger partial charge in [0.1, 0.15) is 5.82 Å². The molecule has 0 radical (unpaired) electrons. The Morgan fingerprint density at radius 1 is 0.909 bits per heavy atom. The van der Waals surface area contributed by atoms with Gasteiger partial charge in [-0.1, -0.05) is 35.3 Å². The summed E-state index contributed by atoms with van der Waals surface area (Å²) in [5.41, 5.74) is 0.325. The van der Waals surface area contributed by atoms with Crippen molar-refractivity contribution in [2.45, 2.75) is 19.3 Å². The molecule has 7 nitrogen and oxygen atoms in total. The standard InChI is InChI=1S/C24H21Cl2N3O4/c1-24(2,22(31)33-3)16-6-4-15(5-7-16)21(30)29(19-11-8-17(25)9-12-19)23(32)28-20-13-10-18(26)14-27-20/h4-14H,1-3H3,(H,27,28,32). The minimum absolute atomic E-state index is 0.228. The topological polar surface area (TPSA) is 88.6 Å². The van der Waals surface area contributed by atoms with Crippen molar-refractivity contribution in [3.05, 3.63) is 88.0 Å². The Kier molecular flexibility index (Phi) is 7.36. The molecule has 0 aliphatic rings. The maximum absolute atomic E-state index is 13.4. The molecule has 0 saturated carbocycles. The number of imide groups is 1. The van der Waals surface area contributed by atoms with Gasteiger partial charge in [-0.2, -0.15) is 0 Å². The number of carbonyl (C=O) groups excluding carboxylic acids is 3. The van der Waals surface area contributed by atoms with Gasteiger partial charge < -0.3 is 4.74 Å². The Labute approximate surface area is 201 Å². The van der Waals surface area contributed by atoms with E-state index in [9.17, 15) is 14.4 Å². The van der Waals surface area contributed by atoms with Gasteiger partial charge in [-0.25, -0.2) is 14.7 Å². The number of urea groups is 1. The van der Waals surface area contributed by atoms with Gasteiger partial charge >= 0.3 is 12.0 Å². The number of benzene rings is 2. The van der Waals surface area contributed by atoms with Crippen molar-refractivity contribution in [1.82, 2.24) is 4.98 Å². The molecule has 0 atom stereocenters. The van der Waals surface area contributed by atoms with Crippen LogP contribution < -0.4 is 10.2 Å². The summed E-state index contributed by atoms with van der Waals surface area (Å²) < 4.78 is 4.86. The molecule has 9 heteroatoms. The number of aromatic nitrogens is 1. The lowest BCUT2D eigenvalue weighted by molar-refractivity contribution is -0.146. The first-order chi connectivity index (χ1) is 15.6. The summed E-state index contributed by atoms with van der Waals surface area (Å²) in [6, 6.07) is 15.1. The maximum atomic E-state index is 13.4. The summed E-state index contributed by atoms with van der Waals surface area (Å²) in [7, 11) is 1.32. The van der Waals surface area contributed by atoms with Crippen LogP contribution in [0.3, 0.4) is 0 Å². The number of esters is 1. The van der Waals surface area contributed by atoms with E-state index >= 15 is 0 Å². The Balaban J connectivity index is 1.93. The van der Waals surface area contributed by atoms with Crippen LogP contribution >= 0.6 is 23.2 Å². The molecule has 0 aliphatic heterocycles. The Morgan fingerprint density at radius 3 is 2.06 bits per heavy atom. The molecule has 0 bridgehead atoms. The Morgan fingerprint density at radius 2 is 1.52 bits per heavy atom. The molecule has 0 saturated heterocycles. The number of hydrogen-bond acceptors (Lipinski definition) is 5. The lowest BCUT2D eigenvalue weighted by Crippen LogP contribution is -2.40. The predicted octanol–water partition coefficient (Wildman–Crippen LogP) is 5.72. The molecule has 1 heterocycles. The number of hydrogen-bond donors (Lipinski definition) is 1. The number of rotatable bonds is 5. The number of nitrogens with zero attached hydrogens (tertiary/aromatic N) is 2. The monoisotopic (exact) mass is 485 g/mol. The van der Waals surface area contributed by atoms with Crippen LogP contribution in [0.5, 0.6) is 0 Å². The first-order valence-corrected chi connectivity index (χ1v) is 10.6.